The van der Waals surface area contributed by atoms with Crippen molar-refractivity contribution in [2.24, 2.45) is 0 Å². The van der Waals surface area contributed by atoms with Crippen LogP contribution in [0.15, 0.2) is 72.8 Å². The number of halogens is 1. The Bertz CT molecular complexity index is 1070. The van der Waals surface area contributed by atoms with Crippen LogP contribution >= 0.6 is 11.6 Å². The molecule has 0 unspecified atom stereocenters. The normalized spacial score (nSPS) is 13.7. The number of carbonyl (C=O) groups is 2. The summed E-state index contributed by atoms with van der Waals surface area (Å²) in [6, 6.07) is 22.3. The summed E-state index contributed by atoms with van der Waals surface area (Å²) in [5.74, 6) is -0.124. The SMILES string of the molecule is Cc1ccc(C(=O)Nc2ccccc2N2CCN(C(=O)c3ccc(Cl)cc3)CC2)cc1. The molecule has 1 saturated heterocycles. The van der Waals surface area contributed by atoms with Gasteiger partial charge in [0.15, 0.2) is 0 Å². The van der Waals surface area contributed by atoms with Crippen molar-refractivity contribution < 1.29 is 9.59 Å². The molecule has 158 valence electrons. The van der Waals surface area contributed by atoms with Crippen LogP contribution in [0.3, 0.4) is 0 Å². The fraction of sp³-hybridized carbons (Fsp3) is 0.200. The topological polar surface area (TPSA) is 52.7 Å². The summed E-state index contributed by atoms with van der Waals surface area (Å²) in [5, 5.41) is 3.65. The first-order valence-corrected chi connectivity index (χ1v) is 10.7. The molecule has 0 bridgehead atoms. The molecule has 5 nitrogen and oxygen atoms in total. The zero-order chi connectivity index (χ0) is 21.8. The van der Waals surface area contributed by atoms with Crippen LogP contribution in [0.1, 0.15) is 26.3 Å². The third-order valence-electron chi connectivity index (χ3n) is 5.46. The summed E-state index contributed by atoms with van der Waals surface area (Å²) >= 11 is 5.92. The van der Waals surface area contributed by atoms with E-state index in [1.54, 1.807) is 24.3 Å². The molecule has 0 saturated carbocycles. The molecule has 1 aliphatic rings. The predicted octanol–water partition coefficient (Wildman–Crippen LogP) is 4.86. The van der Waals surface area contributed by atoms with Crippen LogP contribution in [-0.2, 0) is 0 Å². The Hall–Kier alpha value is -3.31. The number of piperazine rings is 1. The molecule has 1 heterocycles. The van der Waals surface area contributed by atoms with Gasteiger partial charge in [-0.25, -0.2) is 0 Å². The molecule has 0 radical (unpaired) electrons. The molecule has 3 aromatic rings. The van der Waals surface area contributed by atoms with Crippen LogP contribution in [0.25, 0.3) is 0 Å². The quantitative estimate of drug-likeness (QED) is 0.639. The van der Waals surface area contributed by atoms with E-state index >= 15 is 0 Å². The van der Waals surface area contributed by atoms with Gasteiger partial charge in [0, 0.05) is 42.3 Å². The van der Waals surface area contributed by atoms with E-state index in [2.05, 4.69) is 10.2 Å². The molecular formula is C25H24ClN3O2. The number of amides is 2. The van der Waals surface area contributed by atoms with Gasteiger partial charge in [0.1, 0.15) is 0 Å². The smallest absolute Gasteiger partial charge is 0.255 e. The highest BCUT2D eigenvalue weighted by Crippen LogP contribution is 2.27. The second-order valence-corrected chi connectivity index (χ2v) is 8.06. The summed E-state index contributed by atoms with van der Waals surface area (Å²) in [7, 11) is 0. The van der Waals surface area contributed by atoms with Crippen molar-refractivity contribution in [1.82, 2.24) is 4.90 Å². The van der Waals surface area contributed by atoms with Gasteiger partial charge >= 0.3 is 0 Å². The zero-order valence-electron chi connectivity index (χ0n) is 17.3. The lowest BCUT2D eigenvalue weighted by Crippen LogP contribution is -2.49. The van der Waals surface area contributed by atoms with Gasteiger partial charge in [0.2, 0.25) is 0 Å². The predicted molar refractivity (Wildman–Crippen MR) is 125 cm³/mol. The third-order valence-corrected chi connectivity index (χ3v) is 5.72. The molecule has 3 aromatic carbocycles. The van der Waals surface area contributed by atoms with E-state index in [0.717, 1.165) is 16.9 Å². The number of benzene rings is 3. The summed E-state index contributed by atoms with van der Waals surface area (Å²) in [6.07, 6.45) is 0. The highest BCUT2D eigenvalue weighted by Gasteiger charge is 2.24. The van der Waals surface area contributed by atoms with Gasteiger partial charge in [-0.05, 0) is 55.5 Å². The fourth-order valence-corrected chi connectivity index (χ4v) is 3.81. The minimum absolute atomic E-state index is 0.0114. The molecule has 0 aliphatic carbocycles. The van der Waals surface area contributed by atoms with E-state index in [0.29, 0.717) is 42.3 Å². The van der Waals surface area contributed by atoms with Gasteiger partial charge in [0.05, 0.1) is 11.4 Å². The number of aryl methyl sites for hydroxylation is 1. The van der Waals surface area contributed by atoms with E-state index in [-0.39, 0.29) is 11.8 Å². The van der Waals surface area contributed by atoms with Gasteiger partial charge in [-0.1, -0.05) is 41.4 Å². The van der Waals surface area contributed by atoms with Crippen molar-refractivity contribution in [1.29, 1.82) is 0 Å². The maximum absolute atomic E-state index is 12.8. The summed E-state index contributed by atoms with van der Waals surface area (Å²) < 4.78 is 0. The number of hydrogen-bond donors (Lipinski definition) is 1. The van der Waals surface area contributed by atoms with Crippen molar-refractivity contribution in [3.63, 3.8) is 0 Å². The molecule has 0 atom stereocenters. The van der Waals surface area contributed by atoms with Crippen molar-refractivity contribution in [2.45, 2.75) is 6.92 Å². The zero-order valence-corrected chi connectivity index (χ0v) is 18.1. The highest BCUT2D eigenvalue weighted by atomic mass is 35.5. The first kappa shape index (κ1) is 20.9. The Kier molecular flexibility index (Phi) is 6.23. The Balaban J connectivity index is 1.43. The van der Waals surface area contributed by atoms with E-state index in [4.69, 9.17) is 11.6 Å². The summed E-state index contributed by atoms with van der Waals surface area (Å²) in [4.78, 5) is 29.5. The first-order valence-electron chi connectivity index (χ1n) is 10.3. The largest absolute Gasteiger partial charge is 0.366 e. The second-order valence-electron chi connectivity index (χ2n) is 7.62. The van der Waals surface area contributed by atoms with Gasteiger partial charge in [-0.3, -0.25) is 9.59 Å². The average Bonchev–Trinajstić information content (AvgIpc) is 2.80. The maximum atomic E-state index is 12.8. The molecular weight excluding hydrogens is 410 g/mol. The van der Waals surface area contributed by atoms with E-state index in [9.17, 15) is 9.59 Å². The van der Waals surface area contributed by atoms with Crippen LogP contribution in [0.2, 0.25) is 5.02 Å². The van der Waals surface area contributed by atoms with Crippen molar-refractivity contribution in [2.75, 3.05) is 36.4 Å². The van der Waals surface area contributed by atoms with Gasteiger partial charge in [-0.2, -0.15) is 0 Å². The van der Waals surface area contributed by atoms with Gasteiger partial charge in [0.25, 0.3) is 11.8 Å². The van der Waals surface area contributed by atoms with E-state index in [1.165, 1.54) is 0 Å². The number of nitrogens with zero attached hydrogens (tertiary/aromatic N) is 2. The molecule has 31 heavy (non-hydrogen) atoms. The minimum atomic E-state index is -0.135. The molecule has 0 aromatic heterocycles. The summed E-state index contributed by atoms with van der Waals surface area (Å²) in [6.45, 7) is 4.60. The van der Waals surface area contributed by atoms with Gasteiger partial charge in [-0.15, -0.1) is 0 Å². The lowest BCUT2D eigenvalue weighted by Gasteiger charge is -2.37. The number of rotatable bonds is 4. The molecule has 0 spiro atoms. The Morgan fingerprint density at radius 3 is 2.10 bits per heavy atom. The Morgan fingerprint density at radius 2 is 1.42 bits per heavy atom. The number of anilines is 2. The highest BCUT2D eigenvalue weighted by molar-refractivity contribution is 6.30. The maximum Gasteiger partial charge on any atom is 0.255 e. The van der Waals surface area contributed by atoms with E-state index in [1.807, 2.05) is 60.4 Å². The Morgan fingerprint density at radius 1 is 0.806 bits per heavy atom. The molecule has 1 aliphatic heterocycles. The number of carbonyl (C=O) groups excluding carboxylic acids is 2. The second kappa shape index (κ2) is 9.23. The van der Waals surface area contributed by atoms with Crippen LogP contribution < -0.4 is 10.2 Å². The van der Waals surface area contributed by atoms with E-state index < -0.39 is 0 Å². The van der Waals surface area contributed by atoms with Crippen molar-refractivity contribution in [3.8, 4) is 0 Å². The monoisotopic (exact) mass is 433 g/mol. The molecule has 1 fully saturated rings. The fourth-order valence-electron chi connectivity index (χ4n) is 3.68. The summed E-state index contributed by atoms with van der Waals surface area (Å²) in [5.41, 5.74) is 4.11. The van der Waals surface area contributed by atoms with Crippen molar-refractivity contribution in [3.05, 3.63) is 94.5 Å². The molecule has 6 heteroatoms. The Labute approximate surface area is 187 Å². The van der Waals surface area contributed by atoms with Crippen molar-refractivity contribution >= 4 is 34.8 Å². The number of nitrogens with one attached hydrogen (secondary N) is 1. The van der Waals surface area contributed by atoms with Gasteiger partial charge < -0.3 is 15.1 Å². The lowest BCUT2D eigenvalue weighted by atomic mass is 10.1. The third kappa shape index (κ3) is 4.89. The van der Waals surface area contributed by atoms with Crippen LogP contribution in [0.5, 0.6) is 0 Å². The molecule has 2 amide bonds. The average molecular weight is 434 g/mol. The molecule has 1 N–H and O–H groups in total. The van der Waals surface area contributed by atoms with Crippen LogP contribution in [0.4, 0.5) is 11.4 Å². The number of para-hydroxylation sites is 2. The van der Waals surface area contributed by atoms with Crippen LogP contribution in [-0.4, -0.2) is 42.9 Å². The number of hydrogen-bond acceptors (Lipinski definition) is 3. The molecule has 4 rings (SSSR count). The first-order chi connectivity index (χ1) is 15.0. The minimum Gasteiger partial charge on any atom is -0.366 e. The lowest BCUT2D eigenvalue weighted by molar-refractivity contribution is 0.0746. The standard InChI is InChI=1S/C25H24ClN3O2/c1-18-6-8-19(9-7-18)24(30)27-22-4-2-3-5-23(22)28-14-16-29(17-15-28)25(31)20-10-12-21(26)13-11-20/h2-13H,14-17H2,1H3,(H,27,30). The van der Waals surface area contributed by atoms with Crippen LogP contribution in [0, 0.1) is 6.92 Å².